The summed E-state index contributed by atoms with van der Waals surface area (Å²) >= 11 is 6.07. The Bertz CT molecular complexity index is 620. The van der Waals surface area contributed by atoms with Gasteiger partial charge in [0.25, 0.3) is 0 Å². The van der Waals surface area contributed by atoms with E-state index in [0.717, 1.165) is 24.6 Å². The van der Waals surface area contributed by atoms with Crippen molar-refractivity contribution in [1.29, 1.82) is 0 Å². The van der Waals surface area contributed by atoms with Crippen LogP contribution in [0.3, 0.4) is 0 Å². The van der Waals surface area contributed by atoms with E-state index in [1.807, 2.05) is 12.1 Å². The third kappa shape index (κ3) is 2.17. The van der Waals surface area contributed by atoms with E-state index in [2.05, 4.69) is 0 Å². The van der Waals surface area contributed by atoms with Gasteiger partial charge in [0.2, 0.25) is 5.78 Å². The highest BCUT2D eigenvalue weighted by molar-refractivity contribution is 6.34. The molecule has 1 aliphatic rings. The van der Waals surface area contributed by atoms with Crippen molar-refractivity contribution >= 4 is 28.4 Å². The second kappa shape index (κ2) is 4.99. The number of hydrogen-bond acceptors (Lipinski definition) is 3. The largest absolute Gasteiger partial charge is 0.451 e. The molecule has 2 atom stereocenters. The molecule has 1 aromatic carbocycles. The Labute approximate surface area is 116 Å². The van der Waals surface area contributed by atoms with Crippen LogP contribution in [-0.4, -0.2) is 12.3 Å². The third-order valence-electron chi connectivity index (χ3n) is 4.04. The van der Waals surface area contributed by atoms with Gasteiger partial charge in [-0.3, -0.25) is 4.79 Å². The van der Waals surface area contributed by atoms with E-state index in [-0.39, 0.29) is 17.6 Å². The molecule has 0 radical (unpaired) electrons. The summed E-state index contributed by atoms with van der Waals surface area (Å²) in [5, 5.41) is 1.41. The van der Waals surface area contributed by atoms with Crippen molar-refractivity contribution in [1.82, 2.24) is 0 Å². The summed E-state index contributed by atoms with van der Waals surface area (Å²) in [4.78, 5) is 12.5. The Morgan fingerprint density at radius 1 is 1.42 bits per heavy atom. The Balaban J connectivity index is 1.95. The number of halogens is 1. The number of rotatable bonds is 3. The molecule has 19 heavy (non-hydrogen) atoms. The molecule has 0 saturated heterocycles. The van der Waals surface area contributed by atoms with Gasteiger partial charge in [-0.05, 0) is 37.4 Å². The first kappa shape index (κ1) is 12.7. The van der Waals surface area contributed by atoms with Crippen LogP contribution < -0.4 is 5.73 Å². The zero-order chi connectivity index (χ0) is 13.4. The number of Topliss-reactive ketones (excluding diaryl/α,β-unsaturated/α-hetero) is 1. The van der Waals surface area contributed by atoms with Crippen molar-refractivity contribution in [3.05, 3.63) is 35.0 Å². The summed E-state index contributed by atoms with van der Waals surface area (Å²) in [5.74, 6) is 0.772. The molecule has 2 unspecified atom stereocenters. The molecule has 1 heterocycles. The minimum Gasteiger partial charge on any atom is -0.451 e. The number of ketones is 1. The second-order valence-electron chi connectivity index (χ2n) is 5.17. The molecule has 0 amide bonds. The van der Waals surface area contributed by atoms with Gasteiger partial charge in [0, 0.05) is 11.3 Å². The standard InChI is InChI=1S/C15H16ClNO2/c16-12-6-2-3-9-7-13(19-15(9)12)14(18)11-5-1-4-10(11)8-17/h2-3,6-7,10-11H,1,4-5,8,17H2. The van der Waals surface area contributed by atoms with E-state index in [4.69, 9.17) is 21.8 Å². The molecule has 1 aromatic heterocycles. The van der Waals surface area contributed by atoms with Gasteiger partial charge in [-0.1, -0.05) is 30.2 Å². The first-order valence-corrected chi connectivity index (χ1v) is 7.01. The maximum Gasteiger partial charge on any atom is 0.201 e. The smallest absolute Gasteiger partial charge is 0.201 e. The molecule has 0 spiro atoms. The molecule has 1 aliphatic carbocycles. The van der Waals surface area contributed by atoms with Crippen LogP contribution in [0.4, 0.5) is 0 Å². The van der Waals surface area contributed by atoms with Crippen LogP contribution in [0, 0.1) is 11.8 Å². The maximum atomic E-state index is 12.5. The number of hydrogen-bond donors (Lipinski definition) is 1. The fraction of sp³-hybridized carbons (Fsp3) is 0.400. The highest BCUT2D eigenvalue weighted by Crippen LogP contribution is 2.35. The van der Waals surface area contributed by atoms with Gasteiger partial charge in [0.05, 0.1) is 5.02 Å². The zero-order valence-electron chi connectivity index (χ0n) is 10.6. The first-order valence-electron chi connectivity index (χ1n) is 6.63. The molecule has 0 aliphatic heterocycles. The van der Waals surface area contributed by atoms with Gasteiger partial charge in [-0.15, -0.1) is 0 Å². The quantitative estimate of drug-likeness (QED) is 0.872. The number of para-hydroxylation sites is 1. The predicted molar refractivity (Wildman–Crippen MR) is 75.4 cm³/mol. The lowest BCUT2D eigenvalue weighted by molar-refractivity contribution is 0.0867. The Morgan fingerprint density at radius 2 is 2.26 bits per heavy atom. The van der Waals surface area contributed by atoms with E-state index in [0.29, 0.717) is 22.9 Å². The molecule has 3 rings (SSSR count). The summed E-state index contributed by atoms with van der Waals surface area (Å²) in [6.45, 7) is 0.567. The first-order chi connectivity index (χ1) is 9.20. The highest BCUT2D eigenvalue weighted by atomic mass is 35.5. The number of benzene rings is 1. The molecular formula is C15H16ClNO2. The molecule has 0 bridgehead atoms. The van der Waals surface area contributed by atoms with Gasteiger partial charge >= 0.3 is 0 Å². The number of carbonyl (C=O) groups is 1. The minimum absolute atomic E-state index is 0.00402. The fourth-order valence-corrected chi connectivity index (χ4v) is 3.22. The topological polar surface area (TPSA) is 56.2 Å². The van der Waals surface area contributed by atoms with Crippen LogP contribution in [0.5, 0.6) is 0 Å². The van der Waals surface area contributed by atoms with Crippen LogP contribution in [0.1, 0.15) is 29.8 Å². The SMILES string of the molecule is NCC1CCCC1C(=O)c1cc2cccc(Cl)c2o1. The van der Waals surface area contributed by atoms with E-state index < -0.39 is 0 Å². The van der Waals surface area contributed by atoms with Crippen LogP contribution in [0.15, 0.2) is 28.7 Å². The van der Waals surface area contributed by atoms with Gasteiger partial charge in [0.15, 0.2) is 11.3 Å². The average Bonchev–Trinajstić information content (AvgIpc) is 3.04. The monoisotopic (exact) mass is 277 g/mol. The average molecular weight is 278 g/mol. The molecule has 1 fully saturated rings. The number of fused-ring (bicyclic) bond motifs is 1. The van der Waals surface area contributed by atoms with Crippen molar-refractivity contribution in [2.45, 2.75) is 19.3 Å². The van der Waals surface area contributed by atoms with Gasteiger partial charge in [-0.25, -0.2) is 0 Å². The van der Waals surface area contributed by atoms with Gasteiger partial charge in [0.1, 0.15) is 0 Å². The van der Waals surface area contributed by atoms with E-state index >= 15 is 0 Å². The summed E-state index contributed by atoms with van der Waals surface area (Å²) in [5.41, 5.74) is 6.33. The lowest BCUT2D eigenvalue weighted by atomic mass is 9.91. The maximum absolute atomic E-state index is 12.5. The zero-order valence-corrected chi connectivity index (χ0v) is 11.3. The van der Waals surface area contributed by atoms with Gasteiger partial charge < -0.3 is 10.2 Å². The van der Waals surface area contributed by atoms with Crippen molar-refractivity contribution in [3.8, 4) is 0 Å². The minimum atomic E-state index is 0.00402. The molecule has 4 heteroatoms. The molecule has 2 N–H and O–H groups in total. The Kier molecular flexibility index (Phi) is 3.33. The van der Waals surface area contributed by atoms with E-state index in [1.54, 1.807) is 12.1 Å². The lowest BCUT2D eigenvalue weighted by Crippen LogP contribution is -2.24. The lowest BCUT2D eigenvalue weighted by Gasteiger charge is -2.14. The van der Waals surface area contributed by atoms with Crippen molar-refractivity contribution in [2.75, 3.05) is 6.54 Å². The molecule has 1 saturated carbocycles. The highest BCUT2D eigenvalue weighted by Gasteiger charge is 2.34. The van der Waals surface area contributed by atoms with Gasteiger partial charge in [-0.2, -0.15) is 0 Å². The summed E-state index contributed by atoms with van der Waals surface area (Å²) in [6, 6.07) is 7.30. The van der Waals surface area contributed by atoms with E-state index in [1.165, 1.54) is 0 Å². The van der Waals surface area contributed by atoms with Crippen LogP contribution in [0.2, 0.25) is 5.02 Å². The summed E-state index contributed by atoms with van der Waals surface area (Å²) in [7, 11) is 0. The Morgan fingerprint density at radius 3 is 3.00 bits per heavy atom. The molecular weight excluding hydrogens is 262 g/mol. The summed E-state index contributed by atoms with van der Waals surface area (Å²) in [6.07, 6.45) is 3.01. The number of nitrogens with two attached hydrogens (primary N) is 1. The molecule has 100 valence electrons. The molecule has 2 aromatic rings. The number of carbonyl (C=O) groups excluding carboxylic acids is 1. The van der Waals surface area contributed by atoms with E-state index in [9.17, 15) is 4.79 Å². The number of furan rings is 1. The van der Waals surface area contributed by atoms with Crippen LogP contribution in [-0.2, 0) is 0 Å². The van der Waals surface area contributed by atoms with Crippen molar-refractivity contribution < 1.29 is 9.21 Å². The second-order valence-corrected chi connectivity index (χ2v) is 5.57. The third-order valence-corrected chi connectivity index (χ3v) is 4.34. The predicted octanol–water partition coefficient (Wildman–Crippen LogP) is 3.64. The van der Waals surface area contributed by atoms with Crippen LogP contribution in [0.25, 0.3) is 11.0 Å². The fourth-order valence-electron chi connectivity index (χ4n) is 3.00. The van der Waals surface area contributed by atoms with Crippen molar-refractivity contribution in [3.63, 3.8) is 0 Å². The van der Waals surface area contributed by atoms with Crippen LogP contribution >= 0.6 is 11.6 Å². The molecule has 3 nitrogen and oxygen atoms in total. The normalized spacial score (nSPS) is 23.1. The van der Waals surface area contributed by atoms with Crippen molar-refractivity contribution in [2.24, 2.45) is 17.6 Å². The Hall–Kier alpha value is -1.32. The summed E-state index contributed by atoms with van der Waals surface area (Å²) < 4.78 is 5.64.